The molecule has 5 heteroatoms. The van der Waals surface area contributed by atoms with Crippen LogP contribution in [0.15, 0.2) is 70.9 Å². The lowest BCUT2D eigenvalue weighted by atomic mass is 10.3. The van der Waals surface area contributed by atoms with E-state index < -0.39 is 0 Å². The molecular weight excluding hydrogens is 204 g/mol. The highest BCUT2D eigenvalue weighted by atomic mass is 16.5. The Kier molecular flexibility index (Phi) is 3.20. The van der Waals surface area contributed by atoms with Gasteiger partial charge < -0.3 is 0 Å². The Labute approximate surface area is 92.7 Å². The molecule has 0 radical (unpaired) electrons. The molecule has 80 valence electrons. The van der Waals surface area contributed by atoms with Crippen LogP contribution in [0.25, 0.3) is 0 Å². The highest BCUT2D eigenvalue weighted by molar-refractivity contribution is 5.27. The summed E-state index contributed by atoms with van der Waals surface area (Å²) in [6.45, 7) is 0. The van der Waals surface area contributed by atoms with Gasteiger partial charge in [-0.3, -0.25) is 5.21 Å². The number of allylic oxidation sites excluding steroid dienone is 3. The second-order valence-corrected chi connectivity index (χ2v) is 3.00. The van der Waals surface area contributed by atoms with E-state index in [9.17, 15) is 5.21 Å². The number of pyridine rings is 1. The van der Waals surface area contributed by atoms with Crippen LogP contribution in [0, 0.1) is 0 Å². The Hall–Kier alpha value is -2.27. The highest BCUT2D eigenvalue weighted by Crippen LogP contribution is 2.11. The van der Waals surface area contributed by atoms with Crippen molar-refractivity contribution in [3.63, 3.8) is 0 Å². The molecule has 0 fully saturated rings. The molecule has 1 aliphatic heterocycles. The first kappa shape index (κ1) is 10.3. The number of nitrogens with zero attached hydrogens (tertiary/aromatic N) is 4. The van der Waals surface area contributed by atoms with Gasteiger partial charge in [0.15, 0.2) is 5.82 Å². The summed E-state index contributed by atoms with van der Waals surface area (Å²) in [6.07, 6.45) is 9.85. The van der Waals surface area contributed by atoms with Crippen LogP contribution in [-0.4, -0.2) is 15.3 Å². The molecule has 0 bridgehead atoms. The zero-order valence-corrected chi connectivity index (χ0v) is 8.43. The smallest absolute Gasteiger partial charge is 0.174 e. The first-order valence-electron chi connectivity index (χ1n) is 4.71. The zero-order chi connectivity index (χ0) is 11.2. The molecule has 0 aliphatic carbocycles. The van der Waals surface area contributed by atoms with E-state index in [2.05, 4.69) is 15.2 Å². The molecule has 0 saturated heterocycles. The molecule has 1 N–H and O–H groups in total. The van der Waals surface area contributed by atoms with E-state index in [0.717, 1.165) is 5.06 Å². The molecule has 1 aromatic heterocycles. The van der Waals surface area contributed by atoms with E-state index in [-0.39, 0.29) is 0 Å². The minimum Gasteiger partial charge on any atom is -0.284 e. The molecule has 2 heterocycles. The average molecular weight is 214 g/mol. The lowest BCUT2D eigenvalue weighted by Crippen LogP contribution is -2.10. The fraction of sp³-hybridized carbons (Fsp3) is 0. The van der Waals surface area contributed by atoms with Gasteiger partial charge in [-0.05, 0) is 24.3 Å². The van der Waals surface area contributed by atoms with Crippen LogP contribution < -0.4 is 0 Å². The molecule has 1 aliphatic rings. The van der Waals surface area contributed by atoms with Gasteiger partial charge in [-0.1, -0.05) is 12.1 Å². The Morgan fingerprint density at radius 3 is 3.00 bits per heavy atom. The van der Waals surface area contributed by atoms with Crippen LogP contribution in [0.2, 0.25) is 0 Å². The van der Waals surface area contributed by atoms with E-state index in [1.807, 2.05) is 12.1 Å². The molecule has 0 unspecified atom stereocenters. The molecule has 0 aromatic carbocycles. The summed E-state index contributed by atoms with van der Waals surface area (Å²) in [5, 5.41) is 18.1. The van der Waals surface area contributed by atoms with Gasteiger partial charge in [0.25, 0.3) is 0 Å². The van der Waals surface area contributed by atoms with Crippen molar-refractivity contribution >= 4 is 5.82 Å². The Morgan fingerprint density at radius 2 is 2.25 bits per heavy atom. The fourth-order valence-corrected chi connectivity index (χ4v) is 1.11. The minimum absolute atomic E-state index is 0.527. The van der Waals surface area contributed by atoms with Crippen molar-refractivity contribution in [2.45, 2.75) is 0 Å². The average Bonchev–Trinajstić information content (AvgIpc) is 2.33. The summed E-state index contributed by atoms with van der Waals surface area (Å²) in [5.74, 6) is 0.527. The van der Waals surface area contributed by atoms with Gasteiger partial charge in [0.05, 0.1) is 11.9 Å². The first-order valence-corrected chi connectivity index (χ1v) is 4.71. The maximum absolute atomic E-state index is 9.38. The summed E-state index contributed by atoms with van der Waals surface area (Å²) in [6, 6.07) is 5.38. The normalized spacial score (nSPS) is 17.6. The molecule has 0 spiro atoms. The molecule has 16 heavy (non-hydrogen) atoms. The third-order valence-corrected chi connectivity index (χ3v) is 1.87. The van der Waals surface area contributed by atoms with Crippen molar-refractivity contribution in [2.75, 3.05) is 0 Å². The third kappa shape index (κ3) is 2.61. The topological polar surface area (TPSA) is 61.1 Å². The van der Waals surface area contributed by atoms with Crippen molar-refractivity contribution in [1.82, 2.24) is 10.0 Å². The summed E-state index contributed by atoms with van der Waals surface area (Å²) >= 11 is 0. The molecule has 2 rings (SSSR count). The van der Waals surface area contributed by atoms with E-state index in [4.69, 9.17) is 0 Å². The lowest BCUT2D eigenvalue weighted by molar-refractivity contribution is -0.000515. The quantitative estimate of drug-likeness (QED) is 0.770. The predicted octanol–water partition coefficient (Wildman–Crippen LogP) is 2.78. The molecule has 0 atom stereocenters. The summed E-state index contributed by atoms with van der Waals surface area (Å²) in [5.41, 5.74) is 0.544. The van der Waals surface area contributed by atoms with Crippen LogP contribution in [-0.2, 0) is 0 Å². The molecule has 0 saturated carbocycles. The maximum atomic E-state index is 9.38. The monoisotopic (exact) mass is 214 g/mol. The lowest BCUT2D eigenvalue weighted by Gasteiger charge is -2.13. The number of hydrogen-bond acceptors (Lipinski definition) is 5. The van der Waals surface area contributed by atoms with Gasteiger partial charge in [0, 0.05) is 12.4 Å². The van der Waals surface area contributed by atoms with Crippen molar-refractivity contribution in [3.8, 4) is 0 Å². The Balaban J connectivity index is 2.06. The highest BCUT2D eigenvalue weighted by Gasteiger charge is 2.01. The largest absolute Gasteiger partial charge is 0.284 e. The first-order chi connectivity index (χ1) is 7.86. The second kappa shape index (κ2) is 4.99. The number of azo groups is 1. The van der Waals surface area contributed by atoms with Crippen LogP contribution in [0.5, 0.6) is 0 Å². The molecule has 0 amide bonds. The summed E-state index contributed by atoms with van der Waals surface area (Å²) < 4.78 is 0. The van der Waals surface area contributed by atoms with Crippen LogP contribution >= 0.6 is 0 Å². The van der Waals surface area contributed by atoms with Gasteiger partial charge in [0.2, 0.25) is 0 Å². The van der Waals surface area contributed by atoms with Crippen molar-refractivity contribution in [2.24, 2.45) is 10.2 Å². The van der Waals surface area contributed by atoms with Gasteiger partial charge >= 0.3 is 0 Å². The molecule has 5 nitrogen and oxygen atoms in total. The van der Waals surface area contributed by atoms with Crippen molar-refractivity contribution in [1.29, 1.82) is 0 Å². The van der Waals surface area contributed by atoms with Crippen molar-refractivity contribution in [3.05, 3.63) is 60.7 Å². The number of aromatic nitrogens is 1. The second-order valence-electron chi connectivity index (χ2n) is 3.00. The van der Waals surface area contributed by atoms with Gasteiger partial charge in [0.1, 0.15) is 0 Å². The van der Waals surface area contributed by atoms with Gasteiger partial charge in [-0.2, -0.15) is 5.11 Å². The zero-order valence-electron chi connectivity index (χ0n) is 8.43. The van der Waals surface area contributed by atoms with Crippen molar-refractivity contribution < 1.29 is 5.21 Å². The van der Waals surface area contributed by atoms with Crippen LogP contribution in [0.1, 0.15) is 0 Å². The number of hydrogen-bond donors (Lipinski definition) is 1. The standard InChI is InChI=1S/C11H10N4O/c16-15-8-4-2-5-10(15)9-13-14-11-6-1-3-7-12-11/h1-9,16H/b10-9-,14-13?. The van der Waals surface area contributed by atoms with Gasteiger partial charge in [-0.15, -0.1) is 5.11 Å². The van der Waals surface area contributed by atoms with Crippen LogP contribution in [0.4, 0.5) is 5.82 Å². The predicted molar refractivity (Wildman–Crippen MR) is 58.7 cm³/mol. The third-order valence-electron chi connectivity index (χ3n) is 1.87. The van der Waals surface area contributed by atoms with E-state index >= 15 is 0 Å². The number of rotatable bonds is 2. The van der Waals surface area contributed by atoms with E-state index in [0.29, 0.717) is 11.5 Å². The summed E-state index contributed by atoms with van der Waals surface area (Å²) in [4.78, 5) is 3.98. The SMILES string of the molecule is ON1C=CC=C/C1=C/N=Nc1ccccn1. The fourth-order valence-electron chi connectivity index (χ4n) is 1.11. The maximum Gasteiger partial charge on any atom is 0.174 e. The Morgan fingerprint density at radius 1 is 1.31 bits per heavy atom. The van der Waals surface area contributed by atoms with Crippen LogP contribution in [0.3, 0.4) is 0 Å². The molecule has 1 aromatic rings. The van der Waals surface area contributed by atoms with Gasteiger partial charge in [-0.25, -0.2) is 10.0 Å². The minimum atomic E-state index is 0.527. The Bertz CT molecular complexity index is 462. The van der Waals surface area contributed by atoms with E-state index in [1.165, 1.54) is 12.4 Å². The van der Waals surface area contributed by atoms with E-state index in [1.54, 1.807) is 30.5 Å². The summed E-state index contributed by atoms with van der Waals surface area (Å²) in [7, 11) is 0. The molecular formula is C11H10N4O. The number of hydroxylamine groups is 2.